The molecule has 2 fully saturated rings. The zero-order valence-electron chi connectivity index (χ0n) is 16.3. The molecule has 3 N–H and O–H groups in total. The highest BCUT2D eigenvalue weighted by molar-refractivity contribution is 6.32. The minimum Gasteiger partial charge on any atom is -0.477 e. The Balaban J connectivity index is 1.78. The van der Waals surface area contributed by atoms with Gasteiger partial charge in [-0.2, -0.15) is 8.78 Å². The Labute approximate surface area is 180 Å². The predicted molar refractivity (Wildman–Crippen MR) is 110 cm³/mol. The summed E-state index contributed by atoms with van der Waals surface area (Å²) in [6.45, 7) is 0. The van der Waals surface area contributed by atoms with Crippen molar-refractivity contribution in [2.24, 2.45) is 0 Å². The molecule has 1 aliphatic heterocycles. The number of aromatic nitrogens is 1. The molecular weight excluding hydrogens is 430 g/mol. The summed E-state index contributed by atoms with van der Waals surface area (Å²) in [6, 6.07) is 6.72. The van der Waals surface area contributed by atoms with E-state index in [1.807, 2.05) is 0 Å². The molecular formula is C22H19ClF2N2O4. The third-order valence-electron chi connectivity index (χ3n) is 5.53. The van der Waals surface area contributed by atoms with E-state index in [4.69, 9.17) is 16.7 Å². The number of alkyl halides is 2. The van der Waals surface area contributed by atoms with Gasteiger partial charge in [-0.3, -0.25) is 9.59 Å². The van der Waals surface area contributed by atoms with Gasteiger partial charge in [-0.15, -0.1) is 0 Å². The number of rotatable bonds is 6. The Morgan fingerprint density at radius 2 is 1.90 bits per heavy atom. The van der Waals surface area contributed by atoms with E-state index in [2.05, 4.69) is 10.3 Å². The van der Waals surface area contributed by atoms with Crippen molar-refractivity contribution in [2.45, 2.75) is 43.6 Å². The van der Waals surface area contributed by atoms with Crippen LogP contribution in [0.3, 0.4) is 0 Å². The zero-order chi connectivity index (χ0) is 22.3. The van der Waals surface area contributed by atoms with Gasteiger partial charge in [-0.05, 0) is 42.9 Å². The Bertz CT molecular complexity index is 1150. The number of hydrogen-bond donors (Lipinski definition) is 3. The number of nitrogens with one attached hydrogen (secondary N) is 2. The van der Waals surface area contributed by atoms with E-state index in [-0.39, 0.29) is 23.4 Å². The number of halogens is 3. The molecule has 9 heteroatoms. The molecule has 0 bridgehead atoms. The number of pyridine rings is 1. The molecule has 0 radical (unpaired) electrons. The molecule has 1 amide bonds. The summed E-state index contributed by atoms with van der Waals surface area (Å²) in [6.07, 6.45) is 4.58. The monoisotopic (exact) mass is 448 g/mol. The van der Waals surface area contributed by atoms with E-state index < -0.39 is 22.5 Å². The molecule has 0 unspecified atom stereocenters. The van der Waals surface area contributed by atoms with Gasteiger partial charge in [0.05, 0.1) is 10.6 Å². The van der Waals surface area contributed by atoms with Crippen molar-refractivity contribution in [1.82, 2.24) is 10.3 Å². The molecule has 6 nitrogen and oxygen atoms in total. The predicted octanol–water partition coefficient (Wildman–Crippen LogP) is 3.79. The van der Waals surface area contributed by atoms with Gasteiger partial charge in [0.2, 0.25) is 5.91 Å². The second-order valence-corrected chi connectivity index (χ2v) is 8.21. The third kappa shape index (κ3) is 4.25. The lowest BCUT2D eigenvalue weighted by Crippen LogP contribution is -2.26. The van der Waals surface area contributed by atoms with Crippen LogP contribution in [0.4, 0.5) is 8.78 Å². The standard InChI is InChI=1S/C22H19ClF2N2O4/c23-17-9-12(3-6-16(17)22(24,25)21(30)31)15(10-13-4-8-19(28)26-13)18-7-5-14(11-1-2-11)20(29)27-18/h3,5-7,9-11,13H,1-2,4,8H2,(H,26,28)(H,27,29)(H,30,31)/b15-10+/t13-/m1/s1. The molecule has 1 saturated carbocycles. The molecule has 0 spiro atoms. The first-order valence-corrected chi connectivity index (χ1v) is 10.2. The van der Waals surface area contributed by atoms with E-state index in [9.17, 15) is 23.2 Å². The third-order valence-corrected chi connectivity index (χ3v) is 5.84. The summed E-state index contributed by atoms with van der Waals surface area (Å²) in [5, 5.41) is 11.2. The number of amides is 1. The molecule has 1 saturated heterocycles. The Morgan fingerprint density at radius 3 is 2.45 bits per heavy atom. The Hall–Kier alpha value is -3.00. The number of benzene rings is 1. The van der Waals surface area contributed by atoms with Crippen molar-refractivity contribution in [2.75, 3.05) is 0 Å². The number of carbonyl (C=O) groups excluding carboxylic acids is 1. The van der Waals surface area contributed by atoms with Gasteiger partial charge in [0.1, 0.15) is 0 Å². The molecule has 1 atom stereocenters. The first-order chi connectivity index (χ1) is 14.7. The number of aromatic amines is 1. The van der Waals surface area contributed by atoms with Crippen LogP contribution in [0, 0.1) is 0 Å². The van der Waals surface area contributed by atoms with Gasteiger partial charge in [0.15, 0.2) is 0 Å². The van der Waals surface area contributed by atoms with E-state index in [0.717, 1.165) is 18.9 Å². The normalized spacial score (nSPS) is 19.4. The van der Waals surface area contributed by atoms with Crippen molar-refractivity contribution in [1.29, 1.82) is 0 Å². The maximum Gasteiger partial charge on any atom is 0.379 e. The lowest BCUT2D eigenvalue weighted by molar-refractivity contribution is -0.166. The Kier molecular flexibility index (Phi) is 5.43. The van der Waals surface area contributed by atoms with Crippen LogP contribution in [0.25, 0.3) is 5.57 Å². The highest BCUT2D eigenvalue weighted by atomic mass is 35.5. The van der Waals surface area contributed by atoms with Crippen LogP contribution in [-0.4, -0.2) is 28.0 Å². The average molecular weight is 449 g/mol. The molecule has 162 valence electrons. The fourth-order valence-corrected chi connectivity index (χ4v) is 4.01. The summed E-state index contributed by atoms with van der Waals surface area (Å²) in [4.78, 5) is 37.9. The average Bonchev–Trinajstić information content (AvgIpc) is 3.46. The van der Waals surface area contributed by atoms with Gasteiger partial charge in [0.25, 0.3) is 5.56 Å². The van der Waals surface area contributed by atoms with Crippen LogP contribution >= 0.6 is 11.6 Å². The number of carboxylic acid groups (broad SMARTS) is 1. The van der Waals surface area contributed by atoms with E-state index in [1.54, 1.807) is 18.2 Å². The quantitative estimate of drug-likeness (QED) is 0.626. The molecule has 31 heavy (non-hydrogen) atoms. The maximum atomic E-state index is 14.0. The van der Waals surface area contributed by atoms with Crippen LogP contribution in [0.1, 0.15) is 54.0 Å². The van der Waals surface area contributed by atoms with Crippen molar-refractivity contribution < 1.29 is 23.5 Å². The van der Waals surface area contributed by atoms with Crippen molar-refractivity contribution in [3.05, 3.63) is 74.2 Å². The smallest absolute Gasteiger partial charge is 0.379 e. The SMILES string of the molecule is O=C1CC[C@H](/C=C(\c2ccc(C(F)(F)C(=O)O)c(Cl)c2)c2ccc(C3CC3)c(=O)[nH]2)N1. The minimum absolute atomic E-state index is 0.104. The highest BCUT2D eigenvalue weighted by Crippen LogP contribution is 2.39. The number of aliphatic carboxylic acids is 1. The number of carbonyl (C=O) groups is 2. The Morgan fingerprint density at radius 1 is 1.16 bits per heavy atom. The van der Waals surface area contributed by atoms with Crippen LogP contribution < -0.4 is 10.9 Å². The van der Waals surface area contributed by atoms with Gasteiger partial charge < -0.3 is 15.4 Å². The van der Waals surface area contributed by atoms with E-state index in [1.165, 1.54) is 12.1 Å². The summed E-state index contributed by atoms with van der Waals surface area (Å²) in [7, 11) is 0. The van der Waals surface area contributed by atoms with Crippen LogP contribution in [0.5, 0.6) is 0 Å². The number of hydrogen-bond acceptors (Lipinski definition) is 3. The molecule has 1 aromatic carbocycles. The fraction of sp³-hybridized carbons (Fsp3) is 0.318. The van der Waals surface area contributed by atoms with Crippen LogP contribution in [0.15, 0.2) is 41.2 Å². The second-order valence-electron chi connectivity index (χ2n) is 7.80. The molecule has 1 aromatic heterocycles. The summed E-state index contributed by atoms with van der Waals surface area (Å²) >= 11 is 6.02. The highest BCUT2D eigenvalue weighted by Gasteiger charge is 2.42. The summed E-state index contributed by atoms with van der Waals surface area (Å²) in [5.74, 6) is -6.29. The first-order valence-electron chi connectivity index (χ1n) is 9.83. The largest absolute Gasteiger partial charge is 0.477 e. The first kappa shape index (κ1) is 21.2. The maximum absolute atomic E-state index is 14.0. The van der Waals surface area contributed by atoms with Crippen molar-refractivity contribution in [3.63, 3.8) is 0 Å². The fourth-order valence-electron chi connectivity index (χ4n) is 3.72. The number of H-pyrrole nitrogens is 1. The summed E-state index contributed by atoms with van der Waals surface area (Å²) in [5.41, 5.74) is 1.01. The van der Waals surface area contributed by atoms with Gasteiger partial charge in [-0.25, -0.2) is 4.79 Å². The molecule has 1 aliphatic carbocycles. The van der Waals surface area contributed by atoms with Crippen LogP contribution in [-0.2, 0) is 15.5 Å². The lowest BCUT2D eigenvalue weighted by atomic mass is 9.96. The minimum atomic E-state index is -4.14. The number of carboxylic acids is 1. The zero-order valence-corrected chi connectivity index (χ0v) is 17.0. The van der Waals surface area contributed by atoms with E-state index in [0.29, 0.717) is 35.2 Å². The molecule has 2 heterocycles. The lowest BCUT2D eigenvalue weighted by Gasteiger charge is -2.16. The topological polar surface area (TPSA) is 99.3 Å². The van der Waals surface area contributed by atoms with Gasteiger partial charge >= 0.3 is 11.9 Å². The molecule has 4 rings (SSSR count). The van der Waals surface area contributed by atoms with E-state index >= 15 is 0 Å². The van der Waals surface area contributed by atoms with Gasteiger partial charge in [-0.1, -0.05) is 35.9 Å². The van der Waals surface area contributed by atoms with Crippen LogP contribution in [0.2, 0.25) is 5.02 Å². The second kappa shape index (κ2) is 7.92. The van der Waals surface area contributed by atoms with Gasteiger partial charge in [0, 0.05) is 29.3 Å². The summed E-state index contributed by atoms with van der Waals surface area (Å²) < 4.78 is 27.9. The molecule has 2 aliphatic rings. The van der Waals surface area contributed by atoms with Crippen molar-refractivity contribution >= 4 is 29.1 Å². The van der Waals surface area contributed by atoms with Crippen molar-refractivity contribution in [3.8, 4) is 0 Å². The molecule has 2 aromatic rings.